The van der Waals surface area contributed by atoms with E-state index in [4.69, 9.17) is 4.99 Å². The molecule has 1 saturated heterocycles. The molecule has 4 rings (SSSR count). The van der Waals surface area contributed by atoms with Gasteiger partial charge >= 0.3 is 5.96 Å². The Morgan fingerprint density at radius 1 is 0.857 bits per heavy atom. The van der Waals surface area contributed by atoms with Crippen LogP contribution in [0.15, 0.2) is 53.5 Å². The fourth-order valence-electron chi connectivity index (χ4n) is 3.11. The van der Waals surface area contributed by atoms with E-state index in [0.29, 0.717) is 0 Å². The standard InChI is InChI=1S/C17H17N3.ClH/c1-3-9-15-13(7-1)14-8-2-4-10-16(14)19-17(18-15)20-11-5-6-12-20;/h1-4,7-10H,5-6,11-12H2,(H,18,19);1H. The minimum atomic E-state index is 0. The third-order valence-corrected chi connectivity index (χ3v) is 4.15. The highest BCUT2D eigenvalue weighted by atomic mass is 35.5. The summed E-state index contributed by atoms with van der Waals surface area (Å²) in [4.78, 5) is 6.37. The minimum Gasteiger partial charge on any atom is -1.00 e. The van der Waals surface area contributed by atoms with Gasteiger partial charge in [-0.1, -0.05) is 36.4 Å². The lowest BCUT2D eigenvalue weighted by molar-refractivity contribution is -0.790. The van der Waals surface area contributed by atoms with Crippen LogP contribution in [-0.2, 0) is 0 Å². The number of anilines is 1. The highest BCUT2D eigenvalue weighted by Crippen LogP contribution is 2.36. The molecule has 0 aliphatic carbocycles. The maximum absolute atomic E-state index is 4.90. The molecule has 2 aromatic rings. The molecule has 2 heterocycles. The third-order valence-electron chi connectivity index (χ3n) is 4.15. The molecule has 21 heavy (non-hydrogen) atoms. The van der Waals surface area contributed by atoms with Gasteiger partial charge in [0.15, 0.2) is 0 Å². The first-order chi connectivity index (χ1) is 9.92. The van der Waals surface area contributed by atoms with Gasteiger partial charge in [-0.3, -0.25) is 10.2 Å². The summed E-state index contributed by atoms with van der Waals surface area (Å²) >= 11 is 0. The Kier molecular flexibility index (Phi) is 3.95. The quantitative estimate of drug-likeness (QED) is 0.671. The molecule has 4 heteroatoms. The number of halogens is 1. The van der Waals surface area contributed by atoms with E-state index in [1.807, 2.05) is 0 Å². The van der Waals surface area contributed by atoms with Crippen molar-refractivity contribution in [2.24, 2.45) is 4.99 Å². The van der Waals surface area contributed by atoms with Gasteiger partial charge in [0.2, 0.25) is 0 Å². The van der Waals surface area contributed by atoms with Gasteiger partial charge in [-0.2, -0.15) is 4.99 Å². The van der Waals surface area contributed by atoms with E-state index >= 15 is 0 Å². The minimum absolute atomic E-state index is 0. The van der Waals surface area contributed by atoms with Crippen LogP contribution in [0.1, 0.15) is 12.8 Å². The molecular weight excluding hydrogens is 282 g/mol. The number of nitrogens with zero attached hydrogens (tertiary/aromatic N) is 1. The summed E-state index contributed by atoms with van der Waals surface area (Å²) in [6.45, 7) is 2.35. The summed E-state index contributed by atoms with van der Waals surface area (Å²) in [5.41, 5.74) is 4.68. The Hall–Kier alpha value is -1.84. The molecule has 0 aromatic heterocycles. The van der Waals surface area contributed by atoms with Crippen molar-refractivity contribution in [2.45, 2.75) is 12.8 Å². The topological polar surface area (TPSA) is 28.8 Å². The maximum atomic E-state index is 4.90. The average molecular weight is 300 g/mol. The van der Waals surface area contributed by atoms with E-state index in [0.717, 1.165) is 17.3 Å². The molecule has 0 amide bonds. The first kappa shape index (κ1) is 14.1. The summed E-state index contributed by atoms with van der Waals surface area (Å²) in [6.07, 6.45) is 2.58. The van der Waals surface area contributed by atoms with Crippen LogP contribution in [0.3, 0.4) is 0 Å². The van der Waals surface area contributed by atoms with Crippen LogP contribution < -0.4 is 22.6 Å². The van der Waals surface area contributed by atoms with Crippen LogP contribution in [0, 0.1) is 0 Å². The Labute approximate surface area is 131 Å². The van der Waals surface area contributed by atoms with Crippen LogP contribution in [0.2, 0.25) is 0 Å². The number of rotatable bonds is 0. The van der Waals surface area contributed by atoms with Gasteiger partial charge in [-0.05, 0) is 12.1 Å². The van der Waals surface area contributed by atoms with Crippen LogP contribution >= 0.6 is 0 Å². The number of benzene rings is 2. The van der Waals surface area contributed by atoms with Crippen molar-refractivity contribution in [3.05, 3.63) is 48.5 Å². The van der Waals surface area contributed by atoms with E-state index in [-0.39, 0.29) is 12.4 Å². The van der Waals surface area contributed by atoms with Crippen LogP contribution in [0.4, 0.5) is 11.4 Å². The largest absolute Gasteiger partial charge is 1.00 e. The van der Waals surface area contributed by atoms with Crippen molar-refractivity contribution >= 4 is 17.3 Å². The molecule has 1 fully saturated rings. The van der Waals surface area contributed by atoms with Gasteiger partial charge in [-0.15, -0.1) is 0 Å². The second-order valence-corrected chi connectivity index (χ2v) is 5.46. The molecule has 0 saturated carbocycles. The third kappa shape index (κ3) is 2.55. The highest BCUT2D eigenvalue weighted by molar-refractivity contribution is 5.99. The van der Waals surface area contributed by atoms with Gasteiger partial charge in [-0.25, -0.2) is 0 Å². The first-order valence-corrected chi connectivity index (χ1v) is 7.31. The Balaban J connectivity index is 0.00000132. The molecule has 2 aliphatic rings. The Bertz CT molecular complexity index is 675. The molecule has 2 N–H and O–H groups in total. The van der Waals surface area contributed by atoms with Crippen LogP contribution in [-0.4, -0.2) is 19.0 Å². The Morgan fingerprint density at radius 3 is 2.33 bits per heavy atom. The molecule has 3 nitrogen and oxygen atoms in total. The van der Waals surface area contributed by atoms with Gasteiger partial charge in [0, 0.05) is 24.0 Å². The van der Waals surface area contributed by atoms with E-state index < -0.39 is 0 Å². The number of hydrogen-bond donors (Lipinski definition) is 2. The molecule has 2 aliphatic heterocycles. The number of guanidine groups is 1. The number of nitrogens with one attached hydrogen (secondary N) is 2. The smallest absolute Gasteiger partial charge is 0.305 e. The van der Waals surface area contributed by atoms with Crippen LogP contribution in [0.25, 0.3) is 11.1 Å². The van der Waals surface area contributed by atoms with Crippen molar-refractivity contribution in [1.29, 1.82) is 0 Å². The SMILES string of the molecule is [Cl-].c1ccc2c(c1)N=C([NH+]1CCCC1)Nc1ccccc1-2. The zero-order chi connectivity index (χ0) is 13.4. The second-order valence-electron chi connectivity index (χ2n) is 5.46. The summed E-state index contributed by atoms with van der Waals surface area (Å²) in [5.74, 6) is 1.07. The van der Waals surface area contributed by atoms with E-state index in [2.05, 4.69) is 53.8 Å². The predicted octanol–water partition coefficient (Wildman–Crippen LogP) is -0.551. The maximum Gasteiger partial charge on any atom is 0.305 e. The highest BCUT2D eigenvalue weighted by Gasteiger charge is 2.25. The number of fused-ring (bicyclic) bond motifs is 3. The number of aliphatic imine (C=N–C) groups is 1. The van der Waals surface area contributed by atoms with Gasteiger partial charge in [0.1, 0.15) is 0 Å². The lowest BCUT2D eigenvalue weighted by Crippen LogP contribution is -3.13. The lowest BCUT2D eigenvalue weighted by atomic mass is 10.0. The molecular formula is C17H18ClN3. The van der Waals surface area contributed by atoms with E-state index in [9.17, 15) is 0 Å². The molecule has 0 unspecified atom stereocenters. The second kappa shape index (κ2) is 5.88. The van der Waals surface area contributed by atoms with Gasteiger partial charge in [0.25, 0.3) is 0 Å². The average Bonchev–Trinajstić information content (AvgIpc) is 2.97. The molecule has 2 aromatic carbocycles. The molecule has 0 radical (unpaired) electrons. The number of hydrogen-bond acceptors (Lipinski definition) is 2. The summed E-state index contributed by atoms with van der Waals surface area (Å²) < 4.78 is 0. The van der Waals surface area contributed by atoms with Crippen molar-refractivity contribution < 1.29 is 17.3 Å². The molecule has 0 bridgehead atoms. The lowest BCUT2D eigenvalue weighted by Gasteiger charge is -2.14. The first-order valence-electron chi connectivity index (χ1n) is 7.31. The van der Waals surface area contributed by atoms with Crippen molar-refractivity contribution in [3.8, 4) is 11.1 Å². The van der Waals surface area contributed by atoms with Gasteiger partial charge in [0.05, 0.1) is 24.5 Å². The molecule has 0 atom stereocenters. The van der Waals surface area contributed by atoms with Crippen molar-refractivity contribution in [1.82, 2.24) is 0 Å². The predicted molar refractivity (Wildman–Crippen MR) is 82.5 cm³/mol. The fourth-order valence-corrected chi connectivity index (χ4v) is 3.11. The molecule has 0 spiro atoms. The van der Waals surface area contributed by atoms with E-state index in [1.165, 1.54) is 42.0 Å². The summed E-state index contributed by atoms with van der Waals surface area (Å²) in [5, 5.41) is 3.56. The Morgan fingerprint density at radius 2 is 1.52 bits per heavy atom. The van der Waals surface area contributed by atoms with Crippen molar-refractivity contribution in [3.63, 3.8) is 0 Å². The van der Waals surface area contributed by atoms with Gasteiger partial charge < -0.3 is 12.4 Å². The zero-order valence-electron chi connectivity index (χ0n) is 11.8. The summed E-state index contributed by atoms with van der Waals surface area (Å²) in [6, 6.07) is 16.9. The number of para-hydroxylation sites is 2. The van der Waals surface area contributed by atoms with Crippen molar-refractivity contribution in [2.75, 3.05) is 18.4 Å². The molecule has 108 valence electrons. The van der Waals surface area contributed by atoms with E-state index in [1.54, 1.807) is 0 Å². The normalized spacial score (nSPS) is 16.9. The number of likely N-dealkylation sites (tertiary alicyclic amines) is 1. The zero-order valence-corrected chi connectivity index (χ0v) is 12.5. The number of quaternary nitrogens is 1. The fraction of sp³-hybridized carbons (Fsp3) is 0.235. The van der Waals surface area contributed by atoms with Crippen LogP contribution in [0.5, 0.6) is 0 Å². The monoisotopic (exact) mass is 299 g/mol. The summed E-state index contributed by atoms with van der Waals surface area (Å²) in [7, 11) is 0.